The van der Waals surface area contributed by atoms with E-state index in [1.54, 1.807) is 0 Å². The predicted octanol–water partition coefficient (Wildman–Crippen LogP) is 3.08. The van der Waals surface area contributed by atoms with Crippen molar-refractivity contribution >= 4 is 17.3 Å². The van der Waals surface area contributed by atoms with E-state index < -0.39 is 0 Å². The molecule has 0 unspecified atom stereocenters. The van der Waals surface area contributed by atoms with E-state index in [0.717, 1.165) is 5.69 Å². The van der Waals surface area contributed by atoms with Crippen LogP contribution in [0.5, 0.6) is 5.75 Å². The molecule has 0 saturated heterocycles. The number of carbonyl (C=O) groups excluding carboxylic acids is 1. The number of rotatable bonds is 5. The number of hydrogen-bond acceptors (Lipinski definition) is 3. The molecule has 116 valence electrons. The molecule has 0 aromatic heterocycles. The van der Waals surface area contributed by atoms with Gasteiger partial charge in [0.1, 0.15) is 11.6 Å². The lowest BCUT2D eigenvalue weighted by molar-refractivity contribution is -0.115. The SMILES string of the molecule is COc1ccc(F)cc1CC(=O)Nc1ccc(N(C)C)cc1. The Hall–Kier alpha value is -2.56. The molecule has 4 nitrogen and oxygen atoms in total. The summed E-state index contributed by atoms with van der Waals surface area (Å²) in [6.45, 7) is 0. The molecule has 1 N–H and O–H groups in total. The van der Waals surface area contributed by atoms with Gasteiger partial charge in [0.15, 0.2) is 0 Å². The van der Waals surface area contributed by atoms with Crippen LogP contribution >= 0.6 is 0 Å². The summed E-state index contributed by atoms with van der Waals surface area (Å²) in [5, 5.41) is 2.79. The molecule has 0 fully saturated rings. The first-order valence-corrected chi connectivity index (χ1v) is 6.89. The Morgan fingerprint density at radius 3 is 2.45 bits per heavy atom. The standard InChI is InChI=1S/C17H19FN2O2/c1-20(2)15-7-5-14(6-8-15)19-17(21)11-12-10-13(18)4-9-16(12)22-3/h4-10H,11H2,1-3H3,(H,19,21). The summed E-state index contributed by atoms with van der Waals surface area (Å²) in [5.74, 6) is -0.111. The zero-order valence-electron chi connectivity index (χ0n) is 12.9. The fourth-order valence-corrected chi connectivity index (χ4v) is 2.11. The smallest absolute Gasteiger partial charge is 0.228 e. The Morgan fingerprint density at radius 1 is 1.18 bits per heavy atom. The predicted molar refractivity (Wildman–Crippen MR) is 86.1 cm³/mol. The molecule has 0 saturated carbocycles. The molecule has 2 aromatic carbocycles. The van der Waals surface area contributed by atoms with Crippen molar-refractivity contribution in [3.8, 4) is 5.75 Å². The molecule has 0 bridgehead atoms. The second-order valence-electron chi connectivity index (χ2n) is 5.12. The van der Waals surface area contributed by atoms with Gasteiger partial charge in [0.25, 0.3) is 0 Å². The quantitative estimate of drug-likeness (QED) is 0.923. The van der Waals surface area contributed by atoms with E-state index in [1.807, 2.05) is 43.3 Å². The van der Waals surface area contributed by atoms with Crippen molar-refractivity contribution in [1.29, 1.82) is 0 Å². The summed E-state index contributed by atoms with van der Waals surface area (Å²) >= 11 is 0. The molecule has 2 rings (SSSR count). The van der Waals surface area contributed by atoms with Gasteiger partial charge in [-0.1, -0.05) is 0 Å². The number of ether oxygens (including phenoxy) is 1. The summed E-state index contributed by atoms with van der Waals surface area (Å²) in [4.78, 5) is 14.1. The van der Waals surface area contributed by atoms with E-state index in [1.165, 1.54) is 25.3 Å². The van der Waals surface area contributed by atoms with Gasteiger partial charge in [0, 0.05) is 31.0 Å². The van der Waals surface area contributed by atoms with Crippen LogP contribution < -0.4 is 15.0 Å². The number of anilines is 2. The van der Waals surface area contributed by atoms with E-state index in [9.17, 15) is 9.18 Å². The highest BCUT2D eigenvalue weighted by Crippen LogP contribution is 2.21. The fourth-order valence-electron chi connectivity index (χ4n) is 2.11. The third-order valence-electron chi connectivity index (χ3n) is 3.26. The summed E-state index contributed by atoms with van der Waals surface area (Å²) in [7, 11) is 5.39. The molecule has 5 heteroatoms. The van der Waals surface area contributed by atoms with Crippen LogP contribution in [0.4, 0.5) is 15.8 Å². The van der Waals surface area contributed by atoms with Crippen LogP contribution in [0.25, 0.3) is 0 Å². The molecule has 0 aliphatic heterocycles. The molecule has 0 aliphatic carbocycles. The monoisotopic (exact) mass is 302 g/mol. The first-order valence-electron chi connectivity index (χ1n) is 6.89. The summed E-state index contributed by atoms with van der Waals surface area (Å²) in [6.07, 6.45) is 0.0519. The highest BCUT2D eigenvalue weighted by Gasteiger charge is 2.10. The van der Waals surface area contributed by atoms with Crippen molar-refractivity contribution in [3.63, 3.8) is 0 Å². The lowest BCUT2D eigenvalue weighted by Crippen LogP contribution is -2.15. The molecule has 0 heterocycles. The normalized spacial score (nSPS) is 10.2. The molecule has 1 amide bonds. The minimum absolute atomic E-state index is 0.0519. The van der Waals surface area contributed by atoms with Crippen LogP contribution in [0.2, 0.25) is 0 Å². The number of carbonyl (C=O) groups is 1. The van der Waals surface area contributed by atoms with E-state index in [0.29, 0.717) is 17.0 Å². The lowest BCUT2D eigenvalue weighted by Gasteiger charge is -2.13. The van der Waals surface area contributed by atoms with Crippen molar-refractivity contribution in [2.75, 3.05) is 31.4 Å². The second kappa shape index (κ2) is 6.93. The summed E-state index contributed by atoms with van der Waals surface area (Å²) in [5.41, 5.74) is 2.26. The Kier molecular flexibility index (Phi) is 4.99. The Bertz CT molecular complexity index is 654. The van der Waals surface area contributed by atoms with Crippen LogP contribution in [-0.2, 0) is 11.2 Å². The first kappa shape index (κ1) is 15.8. The van der Waals surface area contributed by atoms with Crippen molar-refractivity contribution < 1.29 is 13.9 Å². The van der Waals surface area contributed by atoms with E-state index in [4.69, 9.17) is 4.74 Å². The van der Waals surface area contributed by atoms with Gasteiger partial charge in [-0.05, 0) is 42.5 Å². The van der Waals surface area contributed by atoms with Crippen molar-refractivity contribution in [2.24, 2.45) is 0 Å². The summed E-state index contributed by atoms with van der Waals surface area (Å²) in [6, 6.07) is 11.6. The Labute approximate surface area is 129 Å². The van der Waals surface area contributed by atoms with Crippen LogP contribution in [0, 0.1) is 5.82 Å². The largest absolute Gasteiger partial charge is 0.496 e. The van der Waals surface area contributed by atoms with Gasteiger partial charge in [0.2, 0.25) is 5.91 Å². The minimum Gasteiger partial charge on any atom is -0.496 e. The maximum absolute atomic E-state index is 13.3. The third kappa shape index (κ3) is 3.97. The van der Waals surface area contributed by atoms with Crippen molar-refractivity contribution in [2.45, 2.75) is 6.42 Å². The number of nitrogens with one attached hydrogen (secondary N) is 1. The number of methoxy groups -OCH3 is 1. The van der Waals surface area contributed by atoms with Gasteiger partial charge in [-0.25, -0.2) is 4.39 Å². The molecule has 22 heavy (non-hydrogen) atoms. The average Bonchev–Trinajstić information content (AvgIpc) is 2.48. The van der Waals surface area contributed by atoms with Crippen LogP contribution in [0.3, 0.4) is 0 Å². The lowest BCUT2D eigenvalue weighted by atomic mass is 10.1. The first-order chi connectivity index (χ1) is 10.5. The third-order valence-corrected chi connectivity index (χ3v) is 3.26. The number of benzene rings is 2. The van der Waals surface area contributed by atoms with Gasteiger partial charge in [0.05, 0.1) is 13.5 Å². The molecule has 0 atom stereocenters. The number of halogens is 1. The topological polar surface area (TPSA) is 41.6 Å². The van der Waals surface area contributed by atoms with Crippen LogP contribution in [0.1, 0.15) is 5.56 Å². The second-order valence-corrected chi connectivity index (χ2v) is 5.12. The van der Waals surface area contributed by atoms with Crippen molar-refractivity contribution in [3.05, 3.63) is 53.8 Å². The van der Waals surface area contributed by atoms with Gasteiger partial charge in [-0.3, -0.25) is 4.79 Å². The highest BCUT2D eigenvalue weighted by atomic mass is 19.1. The van der Waals surface area contributed by atoms with Crippen LogP contribution in [-0.4, -0.2) is 27.1 Å². The van der Waals surface area contributed by atoms with Gasteiger partial charge < -0.3 is 15.0 Å². The average molecular weight is 302 g/mol. The van der Waals surface area contributed by atoms with Crippen LogP contribution in [0.15, 0.2) is 42.5 Å². The number of amides is 1. The maximum atomic E-state index is 13.3. The molecule has 0 radical (unpaired) electrons. The Balaban J connectivity index is 2.05. The number of nitrogens with zero attached hydrogens (tertiary/aromatic N) is 1. The molecule has 2 aromatic rings. The van der Waals surface area contributed by atoms with E-state index in [2.05, 4.69) is 5.32 Å². The molecule has 0 aliphatic rings. The zero-order chi connectivity index (χ0) is 16.1. The summed E-state index contributed by atoms with van der Waals surface area (Å²) < 4.78 is 18.4. The highest BCUT2D eigenvalue weighted by molar-refractivity contribution is 5.92. The van der Waals surface area contributed by atoms with Gasteiger partial charge in [-0.15, -0.1) is 0 Å². The van der Waals surface area contributed by atoms with Crippen molar-refractivity contribution in [1.82, 2.24) is 0 Å². The Morgan fingerprint density at radius 2 is 1.86 bits per heavy atom. The fraction of sp³-hybridized carbons (Fsp3) is 0.235. The molecular formula is C17H19FN2O2. The molecule has 0 spiro atoms. The maximum Gasteiger partial charge on any atom is 0.228 e. The minimum atomic E-state index is -0.390. The van der Waals surface area contributed by atoms with E-state index in [-0.39, 0.29) is 18.1 Å². The zero-order valence-corrected chi connectivity index (χ0v) is 12.9. The van der Waals surface area contributed by atoms with Gasteiger partial charge in [-0.2, -0.15) is 0 Å². The number of hydrogen-bond donors (Lipinski definition) is 1. The van der Waals surface area contributed by atoms with Gasteiger partial charge >= 0.3 is 0 Å². The van der Waals surface area contributed by atoms with E-state index >= 15 is 0 Å². The molecular weight excluding hydrogens is 283 g/mol.